The lowest BCUT2D eigenvalue weighted by molar-refractivity contribution is -0.137. The minimum Gasteiger partial charge on any atom is -0.395 e. The molecule has 0 saturated carbocycles. The minimum absolute atomic E-state index is 0.0547. The average molecular weight is 331 g/mol. The van der Waals surface area contributed by atoms with Crippen LogP contribution < -0.4 is 5.32 Å². The Morgan fingerprint density at radius 2 is 1.74 bits per heavy atom. The van der Waals surface area contributed by atoms with E-state index in [-0.39, 0.29) is 18.8 Å². The minimum atomic E-state index is -4.50. The van der Waals surface area contributed by atoms with Gasteiger partial charge in [-0.2, -0.15) is 13.2 Å². The second kappa shape index (κ2) is 7.76. The van der Waals surface area contributed by atoms with Gasteiger partial charge in [-0.1, -0.05) is 12.1 Å². The Hall–Kier alpha value is -1.64. The summed E-state index contributed by atoms with van der Waals surface area (Å²) in [4.78, 5) is 16.0. The van der Waals surface area contributed by atoms with Gasteiger partial charge in [0.05, 0.1) is 24.4 Å². The van der Waals surface area contributed by atoms with Gasteiger partial charge in [-0.15, -0.1) is 0 Å². The molecule has 1 heterocycles. The number of halogens is 3. The van der Waals surface area contributed by atoms with Crippen LogP contribution in [0.2, 0.25) is 0 Å². The number of nitrogens with zero attached hydrogens (tertiary/aromatic N) is 2. The number of benzene rings is 1. The number of rotatable bonds is 5. The molecule has 1 aliphatic rings. The second-order valence-electron chi connectivity index (χ2n) is 5.43. The second-order valence-corrected chi connectivity index (χ2v) is 5.43. The van der Waals surface area contributed by atoms with Crippen molar-refractivity contribution in [3.63, 3.8) is 0 Å². The Balaban J connectivity index is 1.89. The third-order valence-electron chi connectivity index (χ3n) is 3.75. The first-order chi connectivity index (χ1) is 10.9. The molecular formula is C15H20F3N3O2. The highest BCUT2D eigenvalue weighted by molar-refractivity contribution is 5.93. The molecule has 0 spiro atoms. The van der Waals surface area contributed by atoms with Crippen molar-refractivity contribution in [3.8, 4) is 0 Å². The monoisotopic (exact) mass is 331 g/mol. The van der Waals surface area contributed by atoms with E-state index < -0.39 is 17.6 Å². The molecule has 1 fully saturated rings. The molecule has 2 rings (SSSR count). The molecule has 1 aromatic carbocycles. The highest BCUT2D eigenvalue weighted by Gasteiger charge is 2.33. The zero-order chi connectivity index (χ0) is 16.9. The maximum atomic E-state index is 12.9. The van der Waals surface area contributed by atoms with Crippen LogP contribution in [0.15, 0.2) is 24.3 Å². The van der Waals surface area contributed by atoms with Crippen molar-refractivity contribution >= 4 is 11.6 Å². The topological polar surface area (TPSA) is 55.8 Å². The third kappa shape index (κ3) is 5.19. The zero-order valence-electron chi connectivity index (χ0n) is 12.6. The van der Waals surface area contributed by atoms with E-state index in [1.165, 1.54) is 18.2 Å². The van der Waals surface area contributed by atoms with Crippen LogP contribution in [0.3, 0.4) is 0 Å². The Kier molecular flexibility index (Phi) is 5.97. The van der Waals surface area contributed by atoms with Gasteiger partial charge in [0.1, 0.15) is 0 Å². The van der Waals surface area contributed by atoms with Crippen molar-refractivity contribution in [3.05, 3.63) is 29.8 Å². The molecule has 0 aromatic heterocycles. The van der Waals surface area contributed by atoms with Crippen LogP contribution in [-0.2, 0) is 11.0 Å². The lowest BCUT2D eigenvalue weighted by Crippen LogP contribution is -2.49. The predicted octanol–water partition coefficient (Wildman–Crippen LogP) is 1.25. The quantitative estimate of drug-likeness (QED) is 0.853. The molecule has 0 atom stereocenters. The molecule has 1 aliphatic heterocycles. The molecule has 5 nitrogen and oxygen atoms in total. The summed E-state index contributed by atoms with van der Waals surface area (Å²) in [6.07, 6.45) is -4.50. The molecular weight excluding hydrogens is 311 g/mol. The first-order valence-electron chi connectivity index (χ1n) is 7.42. The van der Waals surface area contributed by atoms with Gasteiger partial charge in [-0.25, -0.2) is 0 Å². The van der Waals surface area contributed by atoms with E-state index in [9.17, 15) is 18.0 Å². The number of aliphatic hydroxyl groups excluding tert-OH is 1. The number of hydrogen-bond acceptors (Lipinski definition) is 4. The van der Waals surface area contributed by atoms with Crippen LogP contribution in [0, 0.1) is 0 Å². The fourth-order valence-electron chi connectivity index (χ4n) is 2.54. The first kappa shape index (κ1) is 17.7. The molecule has 2 N–H and O–H groups in total. The van der Waals surface area contributed by atoms with E-state index in [1.807, 2.05) is 4.90 Å². The van der Waals surface area contributed by atoms with Crippen molar-refractivity contribution in [2.24, 2.45) is 0 Å². The molecule has 0 bridgehead atoms. The number of para-hydroxylation sites is 1. The number of alkyl halides is 3. The highest BCUT2D eigenvalue weighted by atomic mass is 19.4. The van der Waals surface area contributed by atoms with Crippen molar-refractivity contribution < 1.29 is 23.1 Å². The lowest BCUT2D eigenvalue weighted by atomic mass is 10.1. The molecule has 0 unspecified atom stereocenters. The molecule has 0 radical (unpaired) electrons. The summed E-state index contributed by atoms with van der Waals surface area (Å²) in [5, 5.41) is 11.2. The Labute approximate surface area is 132 Å². The Morgan fingerprint density at radius 3 is 2.35 bits per heavy atom. The van der Waals surface area contributed by atoms with E-state index in [0.717, 1.165) is 19.2 Å². The summed E-state index contributed by atoms with van der Waals surface area (Å²) >= 11 is 0. The SMILES string of the molecule is O=C(CN1CCN(CCO)CC1)Nc1ccccc1C(F)(F)F. The smallest absolute Gasteiger partial charge is 0.395 e. The standard InChI is InChI=1S/C15H20F3N3O2/c16-15(17,18)12-3-1-2-4-13(12)19-14(23)11-21-7-5-20(6-8-21)9-10-22/h1-4,22H,5-11H2,(H,19,23). The fraction of sp³-hybridized carbons (Fsp3) is 0.533. The summed E-state index contributed by atoms with van der Waals surface area (Å²) in [5.74, 6) is -0.461. The van der Waals surface area contributed by atoms with Crippen molar-refractivity contribution in [1.82, 2.24) is 9.80 Å². The molecule has 1 saturated heterocycles. The largest absolute Gasteiger partial charge is 0.418 e. The summed E-state index contributed by atoms with van der Waals surface area (Å²) in [5.41, 5.74) is -1.06. The number of hydrogen-bond donors (Lipinski definition) is 2. The molecule has 1 amide bonds. The average Bonchev–Trinajstić information content (AvgIpc) is 2.49. The number of carbonyl (C=O) groups excluding carboxylic acids is 1. The van der Waals surface area contributed by atoms with Crippen LogP contribution in [0.1, 0.15) is 5.56 Å². The number of amides is 1. The Bertz CT molecular complexity index is 529. The fourth-order valence-corrected chi connectivity index (χ4v) is 2.54. The van der Waals surface area contributed by atoms with Gasteiger partial charge in [0.15, 0.2) is 0 Å². The van der Waals surface area contributed by atoms with Crippen LogP contribution in [0.5, 0.6) is 0 Å². The zero-order valence-corrected chi connectivity index (χ0v) is 12.6. The van der Waals surface area contributed by atoms with E-state index >= 15 is 0 Å². The van der Waals surface area contributed by atoms with Crippen LogP contribution in [0.25, 0.3) is 0 Å². The first-order valence-corrected chi connectivity index (χ1v) is 7.42. The normalized spacial score (nSPS) is 17.2. The summed E-state index contributed by atoms with van der Waals surface area (Å²) in [7, 11) is 0. The lowest BCUT2D eigenvalue weighted by Gasteiger charge is -2.33. The molecule has 128 valence electrons. The number of nitrogens with one attached hydrogen (secondary N) is 1. The van der Waals surface area contributed by atoms with Gasteiger partial charge in [-0.05, 0) is 12.1 Å². The maximum Gasteiger partial charge on any atom is 0.418 e. The molecule has 23 heavy (non-hydrogen) atoms. The van der Waals surface area contributed by atoms with Gasteiger partial charge >= 0.3 is 6.18 Å². The highest BCUT2D eigenvalue weighted by Crippen LogP contribution is 2.34. The number of carbonyl (C=O) groups is 1. The number of piperazine rings is 1. The van der Waals surface area contributed by atoms with E-state index in [2.05, 4.69) is 10.2 Å². The van der Waals surface area contributed by atoms with Crippen molar-refractivity contribution in [2.75, 3.05) is 51.2 Å². The van der Waals surface area contributed by atoms with Gasteiger partial charge in [0.2, 0.25) is 5.91 Å². The van der Waals surface area contributed by atoms with Gasteiger partial charge in [0.25, 0.3) is 0 Å². The van der Waals surface area contributed by atoms with E-state index in [1.54, 1.807) is 0 Å². The number of aliphatic hydroxyl groups is 1. The predicted molar refractivity (Wildman–Crippen MR) is 80.0 cm³/mol. The third-order valence-corrected chi connectivity index (χ3v) is 3.75. The number of anilines is 1. The van der Waals surface area contributed by atoms with Gasteiger partial charge in [-0.3, -0.25) is 14.6 Å². The summed E-state index contributed by atoms with van der Waals surface area (Å²) in [6.45, 7) is 3.50. The maximum absolute atomic E-state index is 12.9. The molecule has 0 aliphatic carbocycles. The van der Waals surface area contributed by atoms with Crippen molar-refractivity contribution in [1.29, 1.82) is 0 Å². The Morgan fingerprint density at radius 1 is 1.13 bits per heavy atom. The van der Waals surface area contributed by atoms with Crippen LogP contribution in [0.4, 0.5) is 18.9 Å². The van der Waals surface area contributed by atoms with Gasteiger partial charge < -0.3 is 10.4 Å². The van der Waals surface area contributed by atoms with E-state index in [4.69, 9.17) is 5.11 Å². The summed E-state index contributed by atoms with van der Waals surface area (Å²) in [6, 6.07) is 4.95. The number of β-amino-alcohol motifs (C(OH)–C–C–N with tert-alkyl or cyclic N) is 1. The van der Waals surface area contributed by atoms with Crippen molar-refractivity contribution in [2.45, 2.75) is 6.18 Å². The molecule has 1 aromatic rings. The molecule has 8 heteroatoms. The van der Waals surface area contributed by atoms with Gasteiger partial charge in [0, 0.05) is 32.7 Å². The van der Waals surface area contributed by atoms with Crippen LogP contribution >= 0.6 is 0 Å². The van der Waals surface area contributed by atoms with E-state index in [0.29, 0.717) is 19.6 Å². The summed E-state index contributed by atoms with van der Waals surface area (Å²) < 4.78 is 38.7. The van der Waals surface area contributed by atoms with Crippen LogP contribution in [-0.4, -0.2) is 66.7 Å².